The maximum absolute atomic E-state index is 12.7. The Morgan fingerprint density at radius 3 is 2.50 bits per heavy atom. The van der Waals surface area contributed by atoms with Gasteiger partial charge < -0.3 is 10.1 Å². The molecule has 26 heavy (non-hydrogen) atoms. The average molecular weight is 366 g/mol. The zero-order valence-electron chi connectivity index (χ0n) is 14.1. The van der Waals surface area contributed by atoms with Gasteiger partial charge in [-0.3, -0.25) is 4.79 Å². The number of fused-ring (bicyclic) bond motifs is 1. The van der Waals surface area contributed by atoms with Crippen molar-refractivity contribution in [1.29, 1.82) is 0 Å². The van der Waals surface area contributed by atoms with E-state index in [4.69, 9.17) is 0 Å². The first-order valence-electron chi connectivity index (χ1n) is 7.98. The van der Waals surface area contributed by atoms with Gasteiger partial charge in [0.25, 0.3) is 5.56 Å². The number of halogens is 3. The van der Waals surface area contributed by atoms with Crippen molar-refractivity contribution >= 4 is 5.52 Å². The van der Waals surface area contributed by atoms with Crippen molar-refractivity contribution in [1.82, 2.24) is 19.6 Å². The molecule has 1 unspecified atom stereocenters. The summed E-state index contributed by atoms with van der Waals surface area (Å²) in [6.07, 6.45) is -4.22. The lowest BCUT2D eigenvalue weighted by atomic mass is 9.99. The molecule has 6 nitrogen and oxygen atoms in total. The largest absolute Gasteiger partial charge is 0.416 e. The molecular weight excluding hydrogens is 349 g/mol. The molecule has 0 aliphatic rings. The van der Waals surface area contributed by atoms with Gasteiger partial charge in [0.05, 0.1) is 11.3 Å². The van der Waals surface area contributed by atoms with E-state index in [0.717, 1.165) is 12.1 Å². The predicted molar refractivity (Wildman–Crippen MR) is 88.1 cm³/mol. The molecular formula is C17H17F3N4O2. The molecule has 9 heteroatoms. The summed E-state index contributed by atoms with van der Waals surface area (Å²) in [5.41, 5.74) is 0.140. The van der Waals surface area contributed by atoms with Gasteiger partial charge in [-0.05, 0) is 24.6 Å². The number of nitrogens with zero attached hydrogens (tertiary/aromatic N) is 3. The molecule has 0 aliphatic carbocycles. The Balaban J connectivity index is 2.11. The fraction of sp³-hybridized carbons (Fsp3) is 0.353. The fourth-order valence-corrected chi connectivity index (χ4v) is 2.87. The first-order valence-corrected chi connectivity index (χ1v) is 7.98. The number of nitrogens with one attached hydrogen (secondary N) is 1. The number of aliphatic hydroxyl groups is 1. The maximum atomic E-state index is 12.7. The number of aromatic amines is 1. The van der Waals surface area contributed by atoms with Gasteiger partial charge in [-0.1, -0.05) is 19.1 Å². The third-order valence-electron chi connectivity index (χ3n) is 4.19. The normalized spacial score (nSPS) is 13.3. The van der Waals surface area contributed by atoms with Gasteiger partial charge in [-0.2, -0.15) is 18.3 Å². The van der Waals surface area contributed by atoms with Gasteiger partial charge in [0.2, 0.25) is 0 Å². The number of alkyl halides is 3. The van der Waals surface area contributed by atoms with Crippen LogP contribution in [0.1, 0.15) is 41.3 Å². The topological polar surface area (TPSA) is 83.3 Å². The zero-order valence-corrected chi connectivity index (χ0v) is 14.1. The van der Waals surface area contributed by atoms with E-state index in [1.54, 1.807) is 13.8 Å². The summed E-state index contributed by atoms with van der Waals surface area (Å²) >= 11 is 0. The molecule has 2 aromatic heterocycles. The van der Waals surface area contributed by atoms with E-state index in [0.29, 0.717) is 22.9 Å². The Hall–Kier alpha value is -2.68. The highest BCUT2D eigenvalue weighted by Crippen LogP contribution is 2.31. The fourth-order valence-electron chi connectivity index (χ4n) is 2.87. The van der Waals surface area contributed by atoms with Crippen molar-refractivity contribution < 1.29 is 18.3 Å². The molecule has 0 radical (unpaired) electrons. The quantitative estimate of drug-likeness (QED) is 0.743. The van der Waals surface area contributed by atoms with Crippen molar-refractivity contribution in [2.75, 3.05) is 6.61 Å². The highest BCUT2D eigenvalue weighted by atomic mass is 19.4. The van der Waals surface area contributed by atoms with Crippen LogP contribution < -0.4 is 5.56 Å². The third-order valence-corrected chi connectivity index (χ3v) is 4.19. The molecule has 0 saturated heterocycles. The van der Waals surface area contributed by atoms with Crippen LogP contribution in [0.2, 0.25) is 0 Å². The van der Waals surface area contributed by atoms with Crippen LogP contribution in [0.4, 0.5) is 13.2 Å². The van der Waals surface area contributed by atoms with Crippen LogP contribution in [0, 0.1) is 6.92 Å². The van der Waals surface area contributed by atoms with Gasteiger partial charge in [0.1, 0.15) is 11.6 Å². The number of benzene rings is 1. The molecule has 1 atom stereocenters. The highest BCUT2D eigenvalue weighted by Gasteiger charge is 2.30. The molecule has 3 rings (SSSR count). The summed E-state index contributed by atoms with van der Waals surface area (Å²) in [6, 6.07) is 4.81. The molecule has 2 N–H and O–H groups in total. The Kier molecular flexibility index (Phi) is 4.57. The highest BCUT2D eigenvalue weighted by molar-refractivity contribution is 5.51. The zero-order chi connectivity index (χ0) is 19.1. The van der Waals surface area contributed by atoms with E-state index >= 15 is 0 Å². The summed E-state index contributed by atoms with van der Waals surface area (Å²) in [6.45, 7) is 3.21. The molecule has 0 saturated carbocycles. The van der Waals surface area contributed by atoms with Crippen LogP contribution in [0.15, 0.2) is 29.1 Å². The lowest BCUT2D eigenvalue weighted by molar-refractivity contribution is -0.137. The Labute approximate surface area is 146 Å². The molecule has 3 aromatic rings. The molecule has 138 valence electrons. The van der Waals surface area contributed by atoms with Crippen LogP contribution in [0.25, 0.3) is 5.52 Å². The molecule has 0 bridgehead atoms. The second-order valence-corrected chi connectivity index (χ2v) is 6.03. The smallest absolute Gasteiger partial charge is 0.396 e. The Morgan fingerprint density at radius 2 is 1.92 bits per heavy atom. The minimum Gasteiger partial charge on any atom is -0.396 e. The number of aliphatic hydroxyl groups excluding tert-OH is 1. The molecule has 0 aliphatic heterocycles. The number of imidazole rings is 1. The van der Waals surface area contributed by atoms with E-state index in [9.17, 15) is 23.1 Å². The first kappa shape index (κ1) is 18.1. The first-order chi connectivity index (χ1) is 12.2. The van der Waals surface area contributed by atoms with Crippen LogP contribution >= 0.6 is 0 Å². The van der Waals surface area contributed by atoms with Gasteiger partial charge >= 0.3 is 6.18 Å². The van der Waals surface area contributed by atoms with Gasteiger partial charge in [-0.15, -0.1) is 0 Å². The van der Waals surface area contributed by atoms with E-state index in [1.807, 2.05) is 0 Å². The van der Waals surface area contributed by atoms with Crippen molar-refractivity contribution in [3.8, 4) is 0 Å². The van der Waals surface area contributed by atoms with Crippen LogP contribution in [-0.4, -0.2) is 31.3 Å². The Morgan fingerprint density at radius 1 is 1.27 bits per heavy atom. The maximum Gasteiger partial charge on any atom is 0.416 e. The van der Waals surface area contributed by atoms with Crippen LogP contribution in [0.3, 0.4) is 0 Å². The molecule has 1 aromatic carbocycles. The minimum absolute atomic E-state index is 0.178. The number of hydrogen-bond donors (Lipinski definition) is 2. The Bertz CT molecular complexity index is 990. The lowest BCUT2D eigenvalue weighted by Crippen LogP contribution is -2.17. The lowest BCUT2D eigenvalue weighted by Gasteiger charge is -2.12. The minimum atomic E-state index is -4.40. The standard InChI is InChI=1S/C17H17F3N4O2/c1-9(11-3-5-12(6-4-11)17(18,19)20)15-22-13(7-8-25)14-16(26)21-10(2)23-24(14)15/h3-6,9,25H,7-8H2,1-2H3,(H,21,23,26). The van der Waals surface area contributed by atoms with E-state index in [-0.39, 0.29) is 24.1 Å². The number of hydrogen-bond acceptors (Lipinski definition) is 4. The van der Waals surface area contributed by atoms with Gasteiger partial charge in [0.15, 0.2) is 5.52 Å². The summed E-state index contributed by atoms with van der Waals surface area (Å²) in [5, 5.41) is 13.5. The molecule has 2 heterocycles. The van der Waals surface area contributed by atoms with E-state index in [1.165, 1.54) is 16.6 Å². The molecule has 0 amide bonds. The van der Waals surface area contributed by atoms with Crippen LogP contribution in [0.5, 0.6) is 0 Å². The second kappa shape index (κ2) is 6.56. The predicted octanol–water partition coefficient (Wildman–Crippen LogP) is 2.43. The van der Waals surface area contributed by atoms with Gasteiger partial charge in [-0.25, -0.2) is 9.50 Å². The second-order valence-electron chi connectivity index (χ2n) is 6.03. The van der Waals surface area contributed by atoms with Crippen molar-refractivity contribution in [3.05, 3.63) is 63.1 Å². The number of rotatable bonds is 4. The SMILES string of the molecule is Cc1nn2c(C(C)c3ccc(C(F)(F)F)cc3)nc(CCO)c2c(=O)[nH]1. The van der Waals surface area contributed by atoms with E-state index < -0.39 is 17.7 Å². The number of H-pyrrole nitrogens is 1. The van der Waals surface area contributed by atoms with Crippen LogP contribution in [-0.2, 0) is 12.6 Å². The number of aromatic nitrogens is 4. The van der Waals surface area contributed by atoms with Crippen molar-refractivity contribution in [2.45, 2.75) is 32.4 Å². The third kappa shape index (κ3) is 3.22. The van der Waals surface area contributed by atoms with Gasteiger partial charge in [0, 0.05) is 18.9 Å². The summed E-state index contributed by atoms with van der Waals surface area (Å²) in [5.74, 6) is 0.416. The summed E-state index contributed by atoms with van der Waals surface area (Å²) in [4.78, 5) is 19.3. The van der Waals surface area contributed by atoms with E-state index in [2.05, 4.69) is 15.1 Å². The monoisotopic (exact) mass is 366 g/mol. The van der Waals surface area contributed by atoms with Crippen molar-refractivity contribution in [2.24, 2.45) is 0 Å². The average Bonchev–Trinajstić information content (AvgIpc) is 2.92. The van der Waals surface area contributed by atoms with Crippen molar-refractivity contribution in [3.63, 3.8) is 0 Å². The molecule has 0 fully saturated rings. The summed E-state index contributed by atoms with van der Waals surface area (Å²) < 4.78 is 39.6. The molecule has 0 spiro atoms. The summed E-state index contributed by atoms with van der Waals surface area (Å²) in [7, 11) is 0. The number of aryl methyl sites for hydroxylation is 1.